The van der Waals surface area contributed by atoms with Crippen molar-refractivity contribution in [2.45, 2.75) is 161 Å². The van der Waals surface area contributed by atoms with E-state index >= 15 is 4.79 Å². The fourth-order valence-corrected chi connectivity index (χ4v) is 9.46. The quantitative estimate of drug-likeness (QED) is 0.183. The molecule has 4 N–H and O–H groups in total. The molecule has 0 radical (unpaired) electrons. The van der Waals surface area contributed by atoms with Crippen LogP contribution in [0.4, 0.5) is 4.79 Å². The standard InChI is InChI=1S/C41H57NO15/c1-20-14-12-11-13-15-28(46)55-34-32-39(10,26(45)17-27-40(32,19-52-27)56-23(4)44)33(48)31(53-22(3)43)29-21(2)25(18-41(34,51)38(29,8)9)54-35(49)30(47)24(16-20)42-36(50)57-37(5,6)7/h11,13,16,24-27,30-32,34,45,47,51H,12,14-15,17-19H2,1-10H3,(H,42,50)/b13-11+,20-16?/t24-,25+,26+,27-,30+,31+,32+,34-,39-,40-,41+/m1/s1. The van der Waals surface area contributed by atoms with E-state index in [9.17, 15) is 39.3 Å². The van der Waals surface area contributed by atoms with E-state index in [1.807, 2.05) is 0 Å². The van der Waals surface area contributed by atoms with E-state index in [0.717, 1.165) is 13.8 Å². The molecule has 2 heterocycles. The normalized spacial score (nSPS) is 38.9. The van der Waals surface area contributed by atoms with Gasteiger partial charge in [-0.25, -0.2) is 9.59 Å². The predicted octanol–water partition coefficient (Wildman–Crippen LogP) is 2.83. The summed E-state index contributed by atoms with van der Waals surface area (Å²) in [5.74, 6) is -6.03. The summed E-state index contributed by atoms with van der Waals surface area (Å²) < 4.78 is 35.3. The zero-order valence-corrected chi connectivity index (χ0v) is 34.3. The molecular weight excluding hydrogens is 746 g/mol. The molecule has 0 unspecified atom stereocenters. The predicted molar refractivity (Wildman–Crippen MR) is 199 cm³/mol. The minimum atomic E-state index is -2.33. The maximum atomic E-state index is 15.3. The van der Waals surface area contributed by atoms with Crippen LogP contribution < -0.4 is 5.32 Å². The lowest BCUT2D eigenvalue weighted by atomic mass is 9.44. The number of rotatable bonds is 3. The van der Waals surface area contributed by atoms with Crippen molar-refractivity contribution in [3.63, 3.8) is 0 Å². The first kappa shape index (κ1) is 44.0. The van der Waals surface area contributed by atoms with E-state index in [2.05, 4.69) is 5.32 Å². The highest BCUT2D eigenvalue weighted by molar-refractivity contribution is 5.95. The lowest BCUT2D eigenvalue weighted by molar-refractivity contribution is -0.347. The van der Waals surface area contributed by atoms with Gasteiger partial charge < -0.3 is 49.1 Å². The molecule has 3 bridgehead atoms. The number of allylic oxidation sites excluding steroid dienone is 2. The number of aliphatic hydroxyl groups excluding tert-OH is 2. The Labute approximate surface area is 332 Å². The van der Waals surface area contributed by atoms with Gasteiger partial charge in [0.1, 0.15) is 29.5 Å². The van der Waals surface area contributed by atoms with Crippen LogP contribution in [0.1, 0.15) is 101 Å². The van der Waals surface area contributed by atoms with E-state index in [0.29, 0.717) is 18.4 Å². The number of hydrogen-bond donors (Lipinski definition) is 4. The Bertz CT molecular complexity index is 1770. The van der Waals surface area contributed by atoms with Crippen LogP contribution >= 0.6 is 0 Å². The number of ether oxygens (including phenoxy) is 6. The summed E-state index contributed by atoms with van der Waals surface area (Å²) >= 11 is 0. The number of Topliss-reactive ketones (excluding diaryl/α,β-unsaturated/α-hetero) is 1. The van der Waals surface area contributed by atoms with Gasteiger partial charge in [0.25, 0.3) is 0 Å². The van der Waals surface area contributed by atoms with Crippen molar-refractivity contribution in [1.82, 2.24) is 5.32 Å². The van der Waals surface area contributed by atoms with E-state index in [4.69, 9.17) is 28.4 Å². The molecule has 11 atom stereocenters. The molecule has 1 saturated heterocycles. The minimum Gasteiger partial charge on any atom is -0.459 e. The average Bonchev–Trinajstić information content (AvgIpc) is 3.07. The fraction of sp³-hybridized carbons (Fsp3) is 0.707. The SMILES string of the molecule is CC(=O)O[C@@H]1C(=O)[C@@]2(C)[C@H]([C@H]3OC(=O)C/C=C/CCC(C)=C[C@@H](NC(=O)OC(C)(C)C)[C@H](O)C(=O)O[C@H]4C[C@@]3(O)C(C)(C)C1=C4C)[C@@]1(OC(C)=O)CO[C@@H]1C[C@@H]2O. The number of aliphatic hydroxyl groups is 3. The molecule has 16 heteroatoms. The number of alkyl carbamates (subject to hydrolysis) is 1. The van der Waals surface area contributed by atoms with Crippen LogP contribution in [0.5, 0.6) is 0 Å². The van der Waals surface area contributed by atoms with Gasteiger partial charge in [-0.3, -0.25) is 19.2 Å². The molecule has 5 rings (SSSR count). The van der Waals surface area contributed by atoms with E-state index in [1.165, 1.54) is 19.9 Å². The zero-order valence-electron chi connectivity index (χ0n) is 34.3. The van der Waals surface area contributed by atoms with Crippen molar-refractivity contribution < 1.29 is 72.5 Å². The molecule has 3 aliphatic carbocycles. The van der Waals surface area contributed by atoms with E-state index < -0.39 is 118 Å². The second kappa shape index (κ2) is 15.6. The third-order valence-electron chi connectivity index (χ3n) is 12.3. The zero-order chi connectivity index (χ0) is 42.6. The molecule has 316 valence electrons. The lowest BCUT2D eigenvalue weighted by Crippen LogP contribution is -2.82. The second-order valence-electron chi connectivity index (χ2n) is 17.7. The Balaban J connectivity index is 1.76. The number of carbonyl (C=O) groups excluding carboxylic acids is 6. The summed E-state index contributed by atoms with van der Waals surface area (Å²) in [7, 11) is 0. The Morgan fingerprint density at radius 1 is 0.982 bits per heavy atom. The van der Waals surface area contributed by atoms with Gasteiger partial charge in [0.15, 0.2) is 23.6 Å². The number of nitrogens with one attached hydrogen (secondary N) is 1. The number of carbonyl (C=O) groups is 6. The number of ketones is 1. The monoisotopic (exact) mass is 803 g/mol. The van der Waals surface area contributed by atoms with Crippen molar-refractivity contribution in [2.75, 3.05) is 6.61 Å². The number of amides is 1. The third kappa shape index (κ3) is 7.89. The molecule has 0 spiro atoms. The first-order valence-electron chi connectivity index (χ1n) is 19.3. The van der Waals surface area contributed by atoms with Crippen molar-refractivity contribution >= 4 is 35.8 Å². The highest BCUT2D eigenvalue weighted by Gasteiger charge is 2.78. The van der Waals surface area contributed by atoms with Gasteiger partial charge in [-0.05, 0) is 65.5 Å². The van der Waals surface area contributed by atoms with Crippen molar-refractivity contribution in [2.24, 2.45) is 16.7 Å². The molecule has 2 saturated carbocycles. The summed E-state index contributed by atoms with van der Waals surface area (Å²) in [5, 5.41) is 39.5. The van der Waals surface area contributed by atoms with Gasteiger partial charge in [-0.1, -0.05) is 37.6 Å². The Morgan fingerprint density at radius 2 is 1.65 bits per heavy atom. The fourth-order valence-electron chi connectivity index (χ4n) is 9.46. The summed E-state index contributed by atoms with van der Waals surface area (Å²) in [4.78, 5) is 81.9. The maximum absolute atomic E-state index is 15.3. The van der Waals surface area contributed by atoms with Crippen LogP contribution in [-0.4, -0.2) is 117 Å². The molecule has 5 aliphatic rings. The molecule has 3 fully saturated rings. The lowest BCUT2D eigenvalue weighted by Gasteiger charge is -2.67. The van der Waals surface area contributed by atoms with E-state index in [1.54, 1.807) is 53.7 Å². The molecule has 16 nitrogen and oxygen atoms in total. The van der Waals surface area contributed by atoms with Gasteiger partial charge in [0.2, 0.25) is 0 Å². The first-order chi connectivity index (χ1) is 26.3. The second-order valence-corrected chi connectivity index (χ2v) is 17.7. The molecular formula is C41H57NO15. The van der Waals surface area contributed by atoms with Crippen LogP contribution in [0, 0.1) is 16.7 Å². The molecule has 1 amide bonds. The van der Waals surface area contributed by atoms with Gasteiger partial charge in [-0.2, -0.15) is 0 Å². The first-order valence-corrected chi connectivity index (χ1v) is 19.3. The average molecular weight is 804 g/mol. The van der Waals surface area contributed by atoms with Gasteiger partial charge in [-0.15, -0.1) is 0 Å². The topological polar surface area (TPSA) is 231 Å². The van der Waals surface area contributed by atoms with E-state index in [-0.39, 0.29) is 30.6 Å². The van der Waals surface area contributed by atoms with Crippen molar-refractivity contribution in [3.8, 4) is 0 Å². The number of hydrogen-bond acceptors (Lipinski definition) is 15. The van der Waals surface area contributed by atoms with Crippen LogP contribution in [0.15, 0.2) is 34.9 Å². The van der Waals surface area contributed by atoms with Crippen molar-refractivity contribution in [3.05, 3.63) is 34.9 Å². The number of fused-ring (bicyclic) bond motifs is 6. The Morgan fingerprint density at radius 3 is 2.23 bits per heavy atom. The largest absolute Gasteiger partial charge is 0.459 e. The van der Waals surface area contributed by atoms with Crippen LogP contribution in [0.25, 0.3) is 0 Å². The Kier molecular flexibility index (Phi) is 12.0. The Hall–Kier alpha value is -4.12. The van der Waals surface area contributed by atoms with Crippen LogP contribution in [-0.2, 0) is 52.4 Å². The molecule has 0 aromatic rings. The molecule has 0 aromatic carbocycles. The van der Waals surface area contributed by atoms with Gasteiger partial charge in [0, 0.05) is 32.1 Å². The van der Waals surface area contributed by atoms with Gasteiger partial charge >= 0.3 is 30.0 Å². The smallest absolute Gasteiger partial charge is 0.408 e. The summed E-state index contributed by atoms with van der Waals surface area (Å²) in [6.07, 6.45) is -5.85. The maximum Gasteiger partial charge on any atom is 0.408 e. The summed E-state index contributed by atoms with van der Waals surface area (Å²) in [6, 6.07) is -1.34. The summed E-state index contributed by atoms with van der Waals surface area (Å²) in [5.41, 5.74) is -7.72. The minimum absolute atomic E-state index is 0.0159. The molecule has 57 heavy (non-hydrogen) atoms. The van der Waals surface area contributed by atoms with Crippen LogP contribution in [0.2, 0.25) is 0 Å². The third-order valence-corrected chi connectivity index (χ3v) is 12.3. The van der Waals surface area contributed by atoms with Crippen LogP contribution in [0.3, 0.4) is 0 Å². The highest BCUT2D eigenvalue weighted by atomic mass is 16.6. The number of esters is 4. The molecule has 0 aromatic heterocycles. The summed E-state index contributed by atoms with van der Waals surface area (Å²) in [6.45, 7) is 14.7. The highest BCUT2D eigenvalue weighted by Crippen LogP contribution is 2.64. The van der Waals surface area contributed by atoms with Gasteiger partial charge in [0.05, 0.1) is 36.5 Å². The van der Waals surface area contributed by atoms with Crippen molar-refractivity contribution in [1.29, 1.82) is 0 Å². The molecule has 2 aliphatic heterocycles.